The average molecular weight is 337 g/mol. The molecule has 2 atom stereocenters. The summed E-state index contributed by atoms with van der Waals surface area (Å²) in [5.41, 5.74) is -0.465. The molecule has 0 aromatic heterocycles. The molecule has 2 bridgehead atoms. The number of urea groups is 1. The van der Waals surface area contributed by atoms with Gasteiger partial charge in [-0.1, -0.05) is 12.8 Å². The van der Waals surface area contributed by atoms with Gasteiger partial charge in [-0.25, -0.2) is 9.59 Å². The lowest BCUT2D eigenvalue weighted by Gasteiger charge is -2.39. The molecule has 1 saturated carbocycles. The Morgan fingerprint density at radius 1 is 0.917 bits per heavy atom. The van der Waals surface area contributed by atoms with Gasteiger partial charge < -0.3 is 20.3 Å². The molecule has 0 aromatic carbocycles. The third-order valence-electron chi connectivity index (χ3n) is 5.36. The van der Waals surface area contributed by atoms with Crippen molar-refractivity contribution in [2.24, 2.45) is 0 Å². The van der Waals surface area contributed by atoms with Crippen LogP contribution in [0, 0.1) is 0 Å². The van der Waals surface area contributed by atoms with Crippen LogP contribution in [0.4, 0.5) is 9.59 Å². The van der Waals surface area contributed by atoms with Crippen LogP contribution in [0.2, 0.25) is 0 Å². The average Bonchev–Trinajstić information content (AvgIpc) is 3.03. The first kappa shape index (κ1) is 17.4. The summed E-state index contributed by atoms with van der Waals surface area (Å²) in [4.78, 5) is 26.5. The summed E-state index contributed by atoms with van der Waals surface area (Å²) in [5, 5.41) is 6.21. The molecule has 2 saturated heterocycles. The number of ether oxygens (including phenoxy) is 1. The Balaban J connectivity index is 1.51. The molecule has 2 aliphatic heterocycles. The summed E-state index contributed by atoms with van der Waals surface area (Å²) >= 11 is 0. The van der Waals surface area contributed by atoms with Gasteiger partial charge in [0, 0.05) is 24.2 Å². The Hall–Kier alpha value is -1.46. The zero-order valence-corrected chi connectivity index (χ0v) is 15.1. The molecule has 3 aliphatic rings. The molecule has 3 fully saturated rings. The first-order chi connectivity index (χ1) is 11.3. The fraction of sp³-hybridized carbons (Fsp3) is 0.889. The Bertz CT molecular complexity index is 468. The van der Waals surface area contributed by atoms with Crippen molar-refractivity contribution in [1.82, 2.24) is 15.5 Å². The fourth-order valence-electron chi connectivity index (χ4n) is 4.39. The SMILES string of the molecule is CC(C)(C)OC(=O)N1C2CCC1CC(NC(=O)NC1CCCC1)C2. The number of rotatable bonds is 2. The summed E-state index contributed by atoms with van der Waals surface area (Å²) in [6.45, 7) is 5.69. The van der Waals surface area contributed by atoms with Gasteiger partial charge in [-0.3, -0.25) is 0 Å². The number of carbonyl (C=O) groups excluding carboxylic acids is 2. The Kier molecular flexibility index (Phi) is 4.92. The van der Waals surface area contributed by atoms with Crippen LogP contribution >= 0.6 is 0 Å². The molecule has 2 heterocycles. The minimum absolute atomic E-state index is 0.0444. The maximum absolute atomic E-state index is 12.4. The van der Waals surface area contributed by atoms with E-state index < -0.39 is 5.60 Å². The third kappa shape index (κ3) is 4.14. The number of nitrogens with one attached hydrogen (secondary N) is 2. The van der Waals surface area contributed by atoms with E-state index in [1.54, 1.807) is 0 Å². The zero-order valence-electron chi connectivity index (χ0n) is 15.1. The lowest BCUT2D eigenvalue weighted by atomic mass is 9.98. The molecular formula is C18H31N3O3. The van der Waals surface area contributed by atoms with Gasteiger partial charge in [-0.15, -0.1) is 0 Å². The van der Waals surface area contributed by atoms with E-state index in [0.717, 1.165) is 38.5 Å². The van der Waals surface area contributed by atoms with Crippen molar-refractivity contribution in [3.8, 4) is 0 Å². The highest BCUT2D eigenvalue weighted by Crippen LogP contribution is 2.36. The molecular weight excluding hydrogens is 306 g/mol. The van der Waals surface area contributed by atoms with Crippen LogP contribution in [0.15, 0.2) is 0 Å². The number of hydrogen-bond acceptors (Lipinski definition) is 3. The molecule has 24 heavy (non-hydrogen) atoms. The predicted molar refractivity (Wildman–Crippen MR) is 91.8 cm³/mol. The second-order valence-corrected chi connectivity index (χ2v) is 8.54. The van der Waals surface area contributed by atoms with E-state index in [1.807, 2.05) is 25.7 Å². The molecule has 3 amide bonds. The van der Waals surface area contributed by atoms with Gasteiger partial charge in [0.2, 0.25) is 0 Å². The monoisotopic (exact) mass is 337 g/mol. The summed E-state index contributed by atoms with van der Waals surface area (Å²) in [6, 6.07) is 0.828. The van der Waals surface area contributed by atoms with Gasteiger partial charge in [-0.05, 0) is 59.3 Å². The van der Waals surface area contributed by atoms with E-state index in [2.05, 4.69) is 10.6 Å². The van der Waals surface area contributed by atoms with Gasteiger partial charge in [0.05, 0.1) is 0 Å². The van der Waals surface area contributed by atoms with Crippen LogP contribution in [0.5, 0.6) is 0 Å². The van der Waals surface area contributed by atoms with Crippen LogP contribution in [0.25, 0.3) is 0 Å². The van der Waals surface area contributed by atoms with Crippen LogP contribution in [-0.4, -0.2) is 46.8 Å². The predicted octanol–water partition coefficient (Wildman–Crippen LogP) is 3.16. The highest BCUT2D eigenvalue weighted by molar-refractivity contribution is 5.75. The second kappa shape index (κ2) is 6.81. The van der Waals surface area contributed by atoms with E-state index in [1.165, 1.54) is 12.8 Å². The molecule has 0 aromatic rings. The number of carbonyl (C=O) groups is 2. The number of nitrogens with zero attached hydrogens (tertiary/aromatic N) is 1. The number of piperidine rings is 1. The van der Waals surface area contributed by atoms with Crippen LogP contribution in [0.3, 0.4) is 0 Å². The molecule has 136 valence electrons. The molecule has 2 N–H and O–H groups in total. The maximum Gasteiger partial charge on any atom is 0.410 e. The van der Waals surface area contributed by atoms with Crippen molar-refractivity contribution in [3.63, 3.8) is 0 Å². The van der Waals surface area contributed by atoms with Crippen LogP contribution in [-0.2, 0) is 4.74 Å². The molecule has 0 radical (unpaired) electrons. The van der Waals surface area contributed by atoms with Crippen molar-refractivity contribution < 1.29 is 14.3 Å². The van der Waals surface area contributed by atoms with Gasteiger partial charge in [0.15, 0.2) is 0 Å². The van der Waals surface area contributed by atoms with E-state index in [0.29, 0.717) is 6.04 Å². The smallest absolute Gasteiger partial charge is 0.410 e. The molecule has 3 rings (SSSR count). The molecule has 1 aliphatic carbocycles. The fourth-order valence-corrected chi connectivity index (χ4v) is 4.39. The number of hydrogen-bond donors (Lipinski definition) is 2. The summed E-state index contributed by atoms with van der Waals surface area (Å²) in [6.07, 6.45) is 8.07. The van der Waals surface area contributed by atoms with Gasteiger partial charge in [-0.2, -0.15) is 0 Å². The standard InChI is InChI=1S/C18H31N3O3/c1-18(2,3)24-17(23)21-14-8-9-15(21)11-13(10-14)20-16(22)19-12-6-4-5-7-12/h12-15H,4-11H2,1-3H3,(H2,19,20,22). The zero-order chi connectivity index (χ0) is 17.3. The van der Waals surface area contributed by atoms with E-state index in [9.17, 15) is 9.59 Å². The Morgan fingerprint density at radius 2 is 1.46 bits per heavy atom. The van der Waals surface area contributed by atoms with Gasteiger partial charge in [0.1, 0.15) is 5.60 Å². The van der Waals surface area contributed by atoms with Crippen molar-refractivity contribution in [2.45, 2.75) is 102 Å². The van der Waals surface area contributed by atoms with E-state index in [4.69, 9.17) is 4.74 Å². The molecule has 6 nitrogen and oxygen atoms in total. The minimum atomic E-state index is -0.465. The van der Waals surface area contributed by atoms with Crippen LogP contribution in [0.1, 0.15) is 72.1 Å². The number of fused-ring (bicyclic) bond motifs is 2. The topological polar surface area (TPSA) is 70.7 Å². The Labute approximate surface area is 144 Å². The minimum Gasteiger partial charge on any atom is -0.444 e. The summed E-state index contributed by atoms with van der Waals surface area (Å²) in [5.74, 6) is 0. The maximum atomic E-state index is 12.4. The normalized spacial score (nSPS) is 30.3. The van der Waals surface area contributed by atoms with E-state index in [-0.39, 0.29) is 30.2 Å². The van der Waals surface area contributed by atoms with Crippen molar-refractivity contribution >= 4 is 12.1 Å². The van der Waals surface area contributed by atoms with Crippen molar-refractivity contribution in [1.29, 1.82) is 0 Å². The second-order valence-electron chi connectivity index (χ2n) is 8.54. The van der Waals surface area contributed by atoms with Crippen LogP contribution < -0.4 is 10.6 Å². The largest absolute Gasteiger partial charge is 0.444 e. The summed E-state index contributed by atoms with van der Waals surface area (Å²) < 4.78 is 5.55. The lowest BCUT2D eigenvalue weighted by Crippen LogP contribution is -2.55. The number of amides is 3. The highest BCUT2D eigenvalue weighted by Gasteiger charge is 2.45. The van der Waals surface area contributed by atoms with E-state index >= 15 is 0 Å². The van der Waals surface area contributed by atoms with Gasteiger partial charge >= 0.3 is 12.1 Å². The quantitative estimate of drug-likeness (QED) is 0.813. The molecule has 6 heteroatoms. The van der Waals surface area contributed by atoms with Crippen molar-refractivity contribution in [3.05, 3.63) is 0 Å². The van der Waals surface area contributed by atoms with Crippen molar-refractivity contribution in [2.75, 3.05) is 0 Å². The third-order valence-corrected chi connectivity index (χ3v) is 5.36. The first-order valence-corrected chi connectivity index (χ1v) is 9.40. The Morgan fingerprint density at radius 3 is 2.00 bits per heavy atom. The summed E-state index contributed by atoms with van der Waals surface area (Å²) in [7, 11) is 0. The highest BCUT2D eigenvalue weighted by atomic mass is 16.6. The first-order valence-electron chi connectivity index (χ1n) is 9.40. The molecule has 2 unspecified atom stereocenters. The van der Waals surface area contributed by atoms with Gasteiger partial charge in [0.25, 0.3) is 0 Å². The lowest BCUT2D eigenvalue weighted by molar-refractivity contribution is 0.00526. The molecule has 0 spiro atoms.